The van der Waals surface area contributed by atoms with Crippen LogP contribution in [-0.2, 0) is 6.42 Å². The average Bonchev–Trinajstić information content (AvgIpc) is 2.82. The highest BCUT2D eigenvalue weighted by atomic mass is 19.2. The normalized spacial score (nSPS) is 18.3. The summed E-state index contributed by atoms with van der Waals surface area (Å²) >= 11 is 0. The molecular weight excluding hydrogens is 421 g/mol. The molecule has 0 saturated heterocycles. The number of halogens is 3. The molecule has 0 atom stereocenters. The molecule has 3 aromatic rings. The molecule has 0 spiro atoms. The zero-order valence-electron chi connectivity index (χ0n) is 19.3. The summed E-state index contributed by atoms with van der Waals surface area (Å²) in [7, 11) is 0. The summed E-state index contributed by atoms with van der Waals surface area (Å²) in [5.41, 5.74) is 3.52. The number of benzene rings is 3. The van der Waals surface area contributed by atoms with Crippen LogP contribution in [0.4, 0.5) is 13.2 Å². The van der Waals surface area contributed by atoms with Crippen LogP contribution in [-0.4, -0.2) is 6.61 Å². The van der Waals surface area contributed by atoms with E-state index in [2.05, 4.69) is 6.92 Å². The standard InChI is InChI=1S/C29H31F3O/c1-3-4-20-6-10-22(11-7-20)24-14-15-25(29(32)28(24)31)23-12-8-21(9-13-23)18-33-27-16-5-19(2)17-26(27)30/h5-7,10-11,14-17,21,23H,3-4,8-9,12-13,18H2,1-2H3. The fourth-order valence-electron chi connectivity index (χ4n) is 4.81. The number of aryl methyl sites for hydroxylation is 2. The minimum absolute atomic E-state index is 0.00663. The second-order valence-corrected chi connectivity index (χ2v) is 9.24. The number of ether oxygens (including phenoxy) is 1. The van der Waals surface area contributed by atoms with Gasteiger partial charge in [-0.25, -0.2) is 13.2 Å². The second-order valence-electron chi connectivity index (χ2n) is 9.24. The predicted octanol–water partition coefficient (Wildman–Crippen LogP) is 8.38. The Kier molecular flexibility index (Phi) is 7.42. The number of hydrogen-bond acceptors (Lipinski definition) is 1. The van der Waals surface area contributed by atoms with Crippen molar-refractivity contribution in [3.8, 4) is 16.9 Å². The molecule has 33 heavy (non-hydrogen) atoms. The van der Waals surface area contributed by atoms with Crippen LogP contribution >= 0.6 is 0 Å². The molecule has 4 rings (SSSR count). The first kappa shape index (κ1) is 23.4. The van der Waals surface area contributed by atoms with Crippen molar-refractivity contribution in [3.05, 3.63) is 88.7 Å². The van der Waals surface area contributed by atoms with Gasteiger partial charge in [-0.15, -0.1) is 0 Å². The van der Waals surface area contributed by atoms with Gasteiger partial charge in [0.05, 0.1) is 6.61 Å². The third-order valence-corrected chi connectivity index (χ3v) is 6.76. The molecule has 1 fully saturated rings. The zero-order chi connectivity index (χ0) is 23.4. The summed E-state index contributed by atoms with van der Waals surface area (Å²) in [5.74, 6) is -1.29. The van der Waals surface area contributed by atoms with E-state index < -0.39 is 11.6 Å². The topological polar surface area (TPSA) is 9.23 Å². The third-order valence-electron chi connectivity index (χ3n) is 6.76. The second kappa shape index (κ2) is 10.5. The zero-order valence-corrected chi connectivity index (χ0v) is 19.3. The summed E-state index contributed by atoms with van der Waals surface area (Å²) in [4.78, 5) is 0. The Morgan fingerprint density at radius 1 is 0.848 bits per heavy atom. The molecule has 1 aliphatic carbocycles. The van der Waals surface area contributed by atoms with E-state index in [4.69, 9.17) is 4.74 Å². The minimum atomic E-state index is -0.768. The van der Waals surface area contributed by atoms with Crippen LogP contribution < -0.4 is 4.74 Å². The Bertz CT molecular complexity index is 1080. The van der Waals surface area contributed by atoms with Gasteiger partial charge in [0.2, 0.25) is 0 Å². The molecule has 0 heterocycles. The Morgan fingerprint density at radius 3 is 2.24 bits per heavy atom. The van der Waals surface area contributed by atoms with Crippen molar-refractivity contribution in [1.82, 2.24) is 0 Å². The van der Waals surface area contributed by atoms with Crippen molar-refractivity contribution in [2.75, 3.05) is 6.61 Å². The molecule has 0 amide bonds. The van der Waals surface area contributed by atoms with Gasteiger partial charge in [-0.3, -0.25) is 0 Å². The minimum Gasteiger partial charge on any atom is -0.490 e. The van der Waals surface area contributed by atoms with E-state index >= 15 is 4.39 Å². The third kappa shape index (κ3) is 5.43. The lowest BCUT2D eigenvalue weighted by atomic mass is 9.78. The Hall–Kier alpha value is -2.75. The van der Waals surface area contributed by atoms with Gasteiger partial charge in [-0.05, 0) is 85.3 Å². The van der Waals surface area contributed by atoms with Gasteiger partial charge in [0, 0.05) is 5.56 Å². The van der Waals surface area contributed by atoms with Crippen molar-refractivity contribution in [2.45, 2.75) is 58.3 Å². The van der Waals surface area contributed by atoms with Crippen molar-refractivity contribution in [1.29, 1.82) is 0 Å². The quantitative estimate of drug-likeness (QED) is 0.350. The van der Waals surface area contributed by atoms with Crippen molar-refractivity contribution < 1.29 is 17.9 Å². The fraction of sp³-hybridized carbons (Fsp3) is 0.379. The molecule has 0 radical (unpaired) electrons. The Labute approximate surface area is 194 Å². The summed E-state index contributed by atoms with van der Waals surface area (Å²) in [6, 6.07) is 16.1. The molecule has 0 unspecified atom stereocenters. The summed E-state index contributed by atoms with van der Waals surface area (Å²) < 4.78 is 49.7. The van der Waals surface area contributed by atoms with E-state index in [0.29, 0.717) is 23.3 Å². The Morgan fingerprint density at radius 2 is 1.58 bits per heavy atom. The Balaban J connectivity index is 1.38. The summed E-state index contributed by atoms with van der Waals surface area (Å²) in [6.07, 6.45) is 5.26. The largest absolute Gasteiger partial charge is 0.490 e. The lowest BCUT2D eigenvalue weighted by Crippen LogP contribution is -2.20. The maximum absolute atomic E-state index is 15.0. The molecule has 4 heteroatoms. The van der Waals surface area contributed by atoms with Gasteiger partial charge in [0.15, 0.2) is 23.2 Å². The molecule has 0 bridgehead atoms. The smallest absolute Gasteiger partial charge is 0.166 e. The maximum atomic E-state index is 15.0. The molecular formula is C29H31F3O. The first-order valence-corrected chi connectivity index (χ1v) is 11.9. The van der Waals surface area contributed by atoms with Crippen LogP contribution in [0.1, 0.15) is 61.6 Å². The van der Waals surface area contributed by atoms with Gasteiger partial charge in [-0.2, -0.15) is 0 Å². The molecule has 1 nitrogen and oxygen atoms in total. The highest BCUT2D eigenvalue weighted by Gasteiger charge is 2.27. The first-order valence-electron chi connectivity index (χ1n) is 11.9. The van der Waals surface area contributed by atoms with Crippen LogP contribution in [0.5, 0.6) is 5.75 Å². The summed E-state index contributed by atoms with van der Waals surface area (Å²) in [6.45, 7) is 4.40. The van der Waals surface area contributed by atoms with E-state index in [1.165, 1.54) is 11.6 Å². The van der Waals surface area contributed by atoms with Crippen molar-refractivity contribution >= 4 is 0 Å². The average molecular weight is 453 g/mol. The predicted molar refractivity (Wildman–Crippen MR) is 127 cm³/mol. The molecule has 0 aliphatic heterocycles. The van der Waals surface area contributed by atoms with Crippen LogP contribution in [0.15, 0.2) is 54.6 Å². The van der Waals surface area contributed by atoms with E-state index in [1.54, 1.807) is 18.2 Å². The van der Waals surface area contributed by atoms with Crippen LogP contribution in [0.3, 0.4) is 0 Å². The van der Waals surface area contributed by atoms with Crippen LogP contribution in [0.25, 0.3) is 11.1 Å². The maximum Gasteiger partial charge on any atom is 0.166 e. The molecule has 174 valence electrons. The highest BCUT2D eigenvalue weighted by molar-refractivity contribution is 5.65. The highest BCUT2D eigenvalue weighted by Crippen LogP contribution is 2.39. The van der Waals surface area contributed by atoms with Crippen LogP contribution in [0.2, 0.25) is 0 Å². The van der Waals surface area contributed by atoms with Gasteiger partial charge in [0.25, 0.3) is 0 Å². The van der Waals surface area contributed by atoms with E-state index in [1.807, 2.05) is 37.3 Å². The fourth-order valence-corrected chi connectivity index (χ4v) is 4.81. The monoisotopic (exact) mass is 452 g/mol. The molecule has 1 aliphatic rings. The van der Waals surface area contributed by atoms with Gasteiger partial charge in [0.1, 0.15) is 0 Å². The van der Waals surface area contributed by atoms with Gasteiger partial charge < -0.3 is 4.74 Å². The molecule has 1 saturated carbocycles. The summed E-state index contributed by atoms with van der Waals surface area (Å²) in [5, 5.41) is 0. The van der Waals surface area contributed by atoms with E-state index in [9.17, 15) is 8.78 Å². The molecule has 3 aromatic carbocycles. The molecule has 0 N–H and O–H groups in total. The first-order chi connectivity index (χ1) is 16.0. The SMILES string of the molecule is CCCc1ccc(-c2ccc(C3CCC(COc4ccc(C)cc4F)CC3)c(F)c2F)cc1. The number of rotatable bonds is 7. The van der Waals surface area contributed by atoms with E-state index in [-0.39, 0.29) is 23.4 Å². The van der Waals surface area contributed by atoms with Gasteiger partial charge in [-0.1, -0.05) is 55.8 Å². The van der Waals surface area contributed by atoms with Crippen molar-refractivity contribution in [2.24, 2.45) is 5.92 Å². The van der Waals surface area contributed by atoms with Crippen LogP contribution in [0, 0.1) is 30.3 Å². The lowest BCUT2D eigenvalue weighted by molar-refractivity contribution is 0.193. The lowest BCUT2D eigenvalue weighted by Gasteiger charge is -2.29. The van der Waals surface area contributed by atoms with Gasteiger partial charge >= 0.3 is 0 Å². The number of hydrogen-bond donors (Lipinski definition) is 0. The molecule has 0 aromatic heterocycles. The van der Waals surface area contributed by atoms with E-state index in [0.717, 1.165) is 44.1 Å². The van der Waals surface area contributed by atoms with Crippen molar-refractivity contribution in [3.63, 3.8) is 0 Å².